The number of anilines is 1. The molecule has 0 radical (unpaired) electrons. The highest BCUT2D eigenvalue weighted by molar-refractivity contribution is 6.04. The molecule has 1 aliphatic heterocycles. The Bertz CT molecular complexity index is 935. The fraction of sp³-hybridized carbons (Fsp3) is 0.174. The molecule has 0 fully saturated rings. The van der Waals surface area contributed by atoms with Crippen LogP contribution in [-0.2, 0) is 5.54 Å². The molecule has 1 unspecified atom stereocenters. The first-order chi connectivity index (χ1) is 12.7. The average molecular weight is 342 g/mol. The number of aliphatic imine (C=N–C) groups is 1. The number of nitrogens with zero attached hydrogens (tertiary/aromatic N) is 1. The molecule has 1 heterocycles. The highest BCUT2D eigenvalue weighted by Gasteiger charge is 2.32. The van der Waals surface area contributed by atoms with Crippen LogP contribution < -0.4 is 10.1 Å². The van der Waals surface area contributed by atoms with E-state index >= 15 is 0 Å². The van der Waals surface area contributed by atoms with Gasteiger partial charge < -0.3 is 10.1 Å². The molecule has 0 saturated carbocycles. The van der Waals surface area contributed by atoms with E-state index < -0.39 is 0 Å². The van der Waals surface area contributed by atoms with Gasteiger partial charge in [0.05, 0.1) is 29.7 Å². The molecule has 130 valence electrons. The number of hydrogen-bond donors (Lipinski definition) is 1. The van der Waals surface area contributed by atoms with Gasteiger partial charge in [0.1, 0.15) is 5.75 Å². The summed E-state index contributed by atoms with van der Waals surface area (Å²) in [5.74, 6) is 0.810. The summed E-state index contributed by atoms with van der Waals surface area (Å²) in [4.78, 5) is 5.01. The molecule has 3 heteroatoms. The van der Waals surface area contributed by atoms with Crippen molar-refractivity contribution in [3.63, 3.8) is 0 Å². The lowest BCUT2D eigenvalue weighted by molar-refractivity contribution is 0.415. The first-order valence-corrected chi connectivity index (χ1v) is 8.83. The molecule has 0 spiro atoms. The van der Waals surface area contributed by atoms with Gasteiger partial charge >= 0.3 is 0 Å². The Hall–Kier alpha value is -3.07. The van der Waals surface area contributed by atoms with Crippen LogP contribution in [0.4, 0.5) is 11.4 Å². The maximum Gasteiger partial charge on any atom is 0.121 e. The maximum absolute atomic E-state index is 5.40. The molecule has 3 aromatic rings. The van der Waals surface area contributed by atoms with Crippen molar-refractivity contribution in [2.75, 3.05) is 12.4 Å². The fourth-order valence-electron chi connectivity index (χ4n) is 3.48. The first kappa shape index (κ1) is 16.4. The fourth-order valence-corrected chi connectivity index (χ4v) is 3.48. The normalized spacial score (nSPS) is 18.9. The van der Waals surface area contributed by atoms with Gasteiger partial charge in [0.25, 0.3) is 0 Å². The molecule has 3 aromatic carbocycles. The molecule has 0 saturated heterocycles. The molecule has 0 aromatic heterocycles. The van der Waals surface area contributed by atoms with Gasteiger partial charge in [0.15, 0.2) is 0 Å². The quantitative estimate of drug-likeness (QED) is 0.677. The van der Waals surface area contributed by atoms with E-state index in [1.54, 1.807) is 7.11 Å². The van der Waals surface area contributed by atoms with Gasteiger partial charge in [-0.25, -0.2) is 0 Å². The first-order valence-electron chi connectivity index (χ1n) is 8.83. The Morgan fingerprint density at radius 3 is 2.31 bits per heavy atom. The van der Waals surface area contributed by atoms with E-state index in [0.717, 1.165) is 34.8 Å². The summed E-state index contributed by atoms with van der Waals surface area (Å²) in [5, 5.41) is 3.73. The van der Waals surface area contributed by atoms with Gasteiger partial charge in [0, 0.05) is 12.5 Å². The van der Waals surface area contributed by atoms with Crippen molar-refractivity contribution in [1.82, 2.24) is 0 Å². The number of ether oxygens (including phenoxy) is 1. The molecule has 0 aliphatic carbocycles. The summed E-state index contributed by atoms with van der Waals surface area (Å²) >= 11 is 0. The highest BCUT2D eigenvalue weighted by Crippen LogP contribution is 2.40. The van der Waals surface area contributed by atoms with E-state index in [-0.39, 0.29) is 5.54 Å². The van der Waals surface area contributed by atoms with Crippen molar-refractivity contribution in [1.29, 1.82) is 0 Å². The number of benzene rings is 3. The Labute approximate surface area is 154 Å². The molecular formula is C23H22N2O. The minimum Gasteiger partial charge on any atom is -0.497 e. The second-order valence-corrected chi connectivity index (χ2v) is 6.81. The van der Waals surface area contributed by atoms with E-state index in [2.05, 4.69) is 66.8 Å². The van der Waals surface area contributed by atoms with Crippen LogP contribution in [-0.4, -0.2) is 12.8 Å². The summed E-state index contributed by atoms with van der Waals surface area (Å²) in [6, 6.07) is 27.0. The molecule has 1 atom stereocenters. The minimum atomic E-state index is -0.254. The van der Waals surface area contributed by atoms with E-state index in [4.69, 9.17) is 9.73 Å². The number of methoxy groups -OCH3 is 1. The molecule has 3 nitrogen and oxygen atoms in total. The molecule has 26 heavy (non-hydrogen) atoms. The maximum atomic E-state index is 5.40. The zero-order valence-electron chi connectivity index (χ0n) is 15.1. The largest absolute Gasteiger partial charge is 0.497 e. The zero-order chi connectivity index (χ0) is 18.0. The second-order valence-electron chi connectivity index (χ2n) is 6.81. The van der Waals surface area contributed by atoms with Crippen molar-refractivity contribution in [3.8, 4) is 5.75 Å². The zero-order valence-corrected chi connectivity index (χ0v) is 15.1. The van der Waals surface area contributed by atoms with E-state index in [0.29, 0.717) is 0 Å². The summed E-state index contributed by atoms with van der Waals surface area (Å²) in [5.41, 5.74) is 5.12. The Morgan fingerprint density at radius 2 is 1.62 bits per heavy atom. The van der Waals surface area contributed by atoms with Crippen LogP contribution in [0.1, 0.15) is 24.5 Å². The topological polar surface area (TPSA) is 33.6 Å². The molecule has 1 N–H and O–H groups in total. The Kier molecular flexibility index (Phi) is 4.21. The third kappa shape index (κ3) is 3.08. The molecule has 4 rings (SSSR count). The van der Waals surface area contributed by atoms with Crippen LogP contribution >= 0.6 is 0 Å². The SMILES string of the molecule is COc1ccc2c(c1)N=C(c1ccccc1)CC(C)(c1ccccc1)N2. The predicted octanol–water partition coefficient (Wildman–Crippen LogP) is 5.55. The third-order valence-electron chi connectivity index (χ3n) is 4.91. The van der Waals surface area contributed by atoms with Crippen molar-refractivity contribution >= 4 is 17.1 Å². The van der Waals surface area contributed by atoms with Crippen molar-refractivity contribution in [2.24, 2.45) is 4.99 Å². The van der Waals surface area contributed by atoms with E-state index in [1.807, 2.05) is 24.3 Å². The summed E-state index contributed by atoms with van der Waals surface area (Å²) in [7, 11) is 1.68. The van der Waals surface area contributed by atoms with E-state index in [9.17, 15) is 0 Å². The van der Waals surface area contributed by atoms with E-state index in [1.165, 1.54) is 5.56 Å². The van der Waals surface area contributed by atoms with Crippen LogP contribution in [0.2, 0.25) is 0 Å². The minimum absolute atomic E-state index is 0.254. The van der Waals surface area contributed by atoms with Gasteiger partial charge in [-0.2, -0.15) is 0 Å². The van der Waals surface area contributed by atoms with Crippen LogP contribution in [0.15, 0.2) is 83.9 Å². The molecule has 0 bridgehead atoms. The van der Waals surface area contributed by atoms with Gasteiger partial charge in [0.2, 0.25) is 0 Å². The van der Waals surface area contributed by atoms with Gasteiger partial charge in [-0.05, 0) is 30.2 Å². The lowest BCUT2D eigenvalue weighted by Crippen LogP contribution is -2.33. The summed E-state index contributed by atoms with van der Waals surface area (Å²) in [6.07, 6.45) is 0.790. The Balaban J connectivity index is 1.88. The number of rotatable bonds is 3. The highest BCUT2D eigenvalue weighted by atomic mass is 16.5. The standard InChI is InChI=1S/C23H22N2O/c1-23(18-11-7-4-8-12-18)16-22(17-9-5-3-6-10-17)24-21-15-19(26-2)13-14-20(21)25-23/h3-15,25H,16H2,1-2H3. The monoisotopic (exact) mass is 342 g/mol. The molecular weight excluding hydrogens is 320 g/mol. The van der Waals surface area contributed by atoms with Crippen molar-refractivity contribution < 1.29 is 4.74 Å². The lowest BCUT2D eigenvalue weighted by atomic mass is 9.85. The Morgan fingerprint density at radius 1 is 0.923 bits per heavy atom. The van der Waals surface area contributed by atoms with Crippen LogP contribution in [0.5, 0.6) is 5.75 Å². The summed E-state index contributed by atoms with van der Waals surface area (Å²) in [6.45, 7) is 2.24. The van der Waals surface area contributed by atoms with Crippen LogP contribution in [0.3, 0.4) is 0 Å². The van der Waals surface area contributed by atoms with Gasteiger partial charge in [-0.3, -0.25) is 4.99 Å². The predicted molar refractivity (Wildman–Crippen MR) is 108 cm³/mol. The number of nitrogens with one attached hydrogen (secondary N) is 1. The third-order valence-corrected chi connectivity index (χ3v) is 4.91. The number of hydrogen-bond acceptors (Lipinski definition) is 3. The summed E-state index contributed by atoms with van der Waals surface area (Å²) < 4.78 is 5.40. The smallest absolute Gasteiger partial charge is 0.121 e. The van der Waals surface area contributed by atoms with Crippen molar-refractivity contribution in [2.45, 2.75) is 18.9 Å². The van der Waals surface area contributed by atoms with Crippen LogP contribution in [0.25, 0.3) is 0 Å². The number of fused-ring (bicyclic) bond motifs is 1. The average Bonchev–Trinajstić information content (AvgIpc) is 2.85. The van der Waals surface area contributed by atoms with Gasteiger partial charge in [-0.15, -0.1) is 0 Å². The van der Waals surface area contributed by atoms with Gasteiger partial charge in [-0.1, -0.05) is 60.7 Å². The molecule has 1 aliphatic rings. The second kappa shape index (κ2) is 6.68. The van der Waals surface area contributed by atoms with Crippen molar-refractivity contribution in [3.05, 3.63) is 90.0 Å². The van der Waals surface area contributed by atoms with Crippen LogP contribution in [0, 0.1) is 0 Å². The molecule has 0 amide bonds. The lowest BCUT2D eigenvalue weighted by Gasteiger charge is -2.32.